The molecule has 0 aliphatic carbocycles. The minimum absolute atomic E-state index is 0.309. The predicted molar refractivity (Wildman–Crippen MR) is 79.2 cm³/mol. The molecule has 0 saturated carbocycles. The largest absolute Gasteiger partial charge is 0.497 e. The zero-order valence-electron chi connectivity index (χ0n) is 11.9. The SMILES string of the molecule is COc1cc(C)c(C(CCS)N(C)C)c(OC)c1. The van der Waals surface area contributed by atoms with E-state index in [4.69, 9.17) is 9.47 Å². The Hall–Kier alpha value is -0.870. The minimum atomic E-state index is 0.309. The van der Waals surface area contributed by atoms with E-state index < -0.39 is 0 Å². The molecule has 0 heterocycles. The Morgan fingerprint density at radius 3 is 2.33 bits per heavy atom. The maximum Gasteiger partial charge on any atom is 0.127 e. The standard InChI is InChI=1S/C14H23NO2S/c1-10-8-11(16-4)9-13(17-5)14(10)12(6-7-18)15(2)3/h8-9,12,18H,6-7H2,1-5H3. The average molecular weight is 269 g/mol. The fraction of sp³-hybridized carbons (Fsp3) is 0.571. The van der Waals surface area contributed by atoms with Crippen molar-refractivity contribution in [1.29, 1.82) is 0 Å². The van der Waals surface area contributed by atoms with E-state index in [1.807, 2.05) is 12.1 Å². The minimum Gasteiger partial charge on any atom is -0.497 e. The number of methoxy groups -OCH3 is 2. The molecule has 0 saturated heterocycles. The highest BCUT2D eigenvalue weighted by Gasteiger charge is 2.21. The summed E-state index contributed by atoms with van der Waals surface area (Å²) < 4.78 is 10.8. The van der Waals surface area contributed by atoms with Gasteiger partial charge in [-0.05, 0) is 44.8 Å². The second-order valence-electron chi connectivity index (χ2n) is 4.55. The summed E-state index contributed by atoms with van der Waals surface area (Å²) in [5.41, 5.74) is 2.41. The van der Waals surface area contributed by atoms with Crippen molar-refractivity contribution in [2.45, 2.75) is 19.4 Å². The summed E-state index contributed by atoms with van der Waals surface area (Å²) in [7, 11) is 7.53. The summed E-state index contributed by atoms with van der Waals surface area (Å²) in [5.74, 6) is 2.56. The molecule has 1 rings (SSSR count). The van der Waals surface area contributed by atoms with Crippen LogP contribution in [0, 0.1) is 6.92 Å². The molecular formula is C14H23NO2S. The van der Waals surface area contributed by atoms with Gasteiger partial charge in [-0.2, -0.15) is 12.6 Å². The van der Waals surface area contributed by atoms with Gasteiger partial charge in [0.15, 0.2) is 0 Å². The second kappa shape index (κ2) is 6.90. The maximum atomic E-state index is 5.51. The number of hydrogen-bond acceptors (Lipinski definition) is 4. The van der Waals surface area contributed by atoms with Crippen LogP contribution in [-0.2, 0) is 0 Å². The Labute approximate surface area is 115 Å². The fourth-order valence-electron chi connectivity index (χ4n) is 2.23. The van der Waals surface area contributed by atoms with Gasteiger partial charge in [0.05, 0.1) is 14.2 Å². The monoisotopic (exact) mass is 269 g/mol. The molecule has 102 valence electrons. The van der Waals surface area contributed by atoms with Gasteiger partial charge in [-0.15, -0.1) is 0 Å². The third-order valence-electron chi connectivity index (χ3n) is 3.14. The number of thiol groups is 1. The molecule has 1 aromatic rings. The molecule has 0 radical (unpaired) electrons. The number of benzene rings is 1. The van der Waals surface area contributed by atoms with Crippen molar-refractivity contribution in [3.8, 4) is 11.5 Å². The molecule has 0 aliphatic rings. The van der Waals surface area contributed by atoms with Gasteiger partial charge in [-0.3, -0.25) is 0 Å². The average Bonchev–Trinajstić information content (AvgIpc) is 2.35. The number of ether oxygens (including phenoxy) is 2. The summed E-state index contributed by atoms with van der Waals surface area (Å²) in [5, 5.41) is 0. The number of rotatable bonds is 6. The summed E-state index contributed by atoms with van der Waals surface area (Å²) in [6.45, 7) is 2.09. The van der Waals surface area contributed by atoms with Crippen molar-refractivity contribution < 1.29 is 9.47 Å². The van der Waals surface area contributed by atoms with Gasteiger partial charge in [0, 0.05) is 17.7 Å². The normalized spacial score (nSPS) is 12.6. The third-order valence-corrected chi connectivity index (χ3v) is 3.40. The molecule has 3 nitrogen and oxygen atoms in total. The van der Waals surface area contributed by atoms with E-state index in [-0.39, 0.29) is 0 Å². The Kier molecular flexibility index (Phi) is 5.82. The number of aryl methyl sites for hydroxylation is 1. The molecule has 1 unspecified atom stereocenters. The van der Waals surface area contributed by atoms with Crippen LogP contribution in [-0.4, -0.2) is 39.0 Å². The lowest BCUT2D eigenvalue weighted by atomic mass is 9.97. The topological polar surface area (TPSA) is 21.7 Å². The molecule has 0 aliphatic heterocycles. The van der Waals surface area contributed by atoms with E-state index in [2.05, 4.69) is 38.5 Å². The highest BCUT2D eigenvalue weighted by atomic mass is 32.1. The van der Waals surface area contributed by atoms with Crippen LogP contribution in [0.1, 0.15) is 23.6 Å². The van der Waals surface area contributed by atoms with Crippen molar-refractivity contribution in [2.75, 3.05) is 34.1 Å². The molecule has 0 amide bonds. The first-order chi connectivity index (χ1) is 8.54. The van der Waals surface area contributed by atoms with Gasteiger partial charge in [-0.25, -0.2) is 0 Å². The molecule has 1 atom stereocenters. The smallest absolute Gasteiger partial charge is 0.127 e. The van der Waals surface area contributed by atoms with E-state index in [1.165, 1.54) is 11.1 Å². The lowest BCUT2D eigenvalue weighted by Gasteiger charge is -2.27. The van der Waals surface area contributed by atoms with Gasteiger partial charge in [0.2, 0.25) is 0 Å². The van der Waals surface area contributed by atoms with Crippen LogP contribution in [0.5, 0.6) is 11.5 Å². The lowest BCUT2D eigenvalue weighted by Crippen LogP contribution is -2.22. The second-order valence-corrected chi connectivity index (χ2v) is 5.00. The Balaban J connectivity index is 3.27. The zero-order valence-corrected chi connectivity index (χ0v) is 12.8. The van der Waals surface area contributed by atoms with Crippen LogP contribution in [0.15, 0.2) is 12.1 Å². The highest BCUT2D eigenvalue weighted by molar-refractivity contribution is 7.80. The molecule has 1 aromatic carbocycles. The van der Waals surface area contributed by atoms with Crippen molar-refractivity contribution in [3.05, 3.63) is 23.3 Å². The van der Waals surface area contributed by atoms with E-state index >= 15 is 0 Å². The molecule has 4 heteroatoms. The van der Waals surface area contributed by atoms with Crippen LogP contribution in [0.25, 0.3) is 0 Å². The maximum absolute atomic E-state index is 5.51. The van der Waals surface area contributed by atoms with Crippen LogP contribution in [0.2, 0.25) is 0 Å². The molecule has 18 heavy (non-hydrogen) atoms. The van der Waals surface area contributed by atoms with Crippen LogP contribution < -0.4 is 9.47 Å². The summed E-state index contributed by atoms with van der Waals surface area (Å²) in [6.07, 6.45) is 0.986. The molecule has 0 fully saturated rings. The first-order valence-electron chi connectivity index (χ1n) is 6.05. The highest BCUT2D eigenvalue weighted by Crippen LogP contribution is 2.36. The van der Waals surface area contributed by atoms with Gasteiger partial charge in [0.1, 0.15) is 11.5 Å². The Morgan fingerprint density at radius 1 is 1.22 bits per heavy atom. The zero-order chi connectivity index (χ0) is 13.7. The first kappa shape index (κ1) is 15.2. The van der Waals surface area contributed by atoms with E-state index in [9.17, 15) is 0 Å². The van der Waals surface area contributed by atoms with Gasteiger partial charge in [0.25, 0.3) is 0 Å². The number of hydrogen-bond donors (Lipinski definition) is 1. The van der Waals surface area contributed by atoms with Crippen molar-refractivity contribution in [3.63, 3.8) is 0 Å². The van der Waals surface area contributed by atoms with Gasteiger partial charge in [-0.1, -0.05) is 0 Å². The third kappa shape index (κ3) is 3.33. The summed E-state index contributed by atoms with van der Waals surface area (Å²) in [4.78, 5) is 2.20. The van der Waals surface area contributed by atoms with Crippen molar-refractivity contribution in [1.82, 2.24) is 4.90 Å². The molecule has 0 spiro atoms. The Morgan fingerprint density at radius 2 is 1.89 bits per heavy atom. The molecular weight excluding hydrogens is 246 g/mol. The molecule has 0 aromatic heterocycles. The van der Waals surface area contributed by atoms with E-state index in [0.29, 0.717) is 6.04 Å². The summed E-state index contributed by atoms with van der Waals surface area (Å²) >= 11 is 4.35. The van der Waals surface area contributed by atoms with Gasteiger partial charge < -0.3 is 14.4 Å². The van der Waals surface area contributed by atoms with Crippen LogP contribution in [0.3, 0.4) is 0 Å². The fourth-order valence-corrected chi connectivity index (χ4v) is 2.48. The van der Waals surface area contributed by atoms with E-state index in [1.54, 1.807) is 14.2 Å². The predicted octanol–water partition coefficient (Wildman–Crippen LogP) is 2.93. The van der Waals surface area contributed by atoms with Gasteiger partial charge >= 0.3 is 0 Å². The number of nitrogens with zero attached hydrogens (tertiary/aromatic N) is 1. The molecule has 0 bridgehead atoms. The van der Waals surface area contributed by atoms with Crippen LogP contribution in [0.4, 0.5) is 0 Å². The summed E-state index contributed by atoms with van der Waals surface area (Å²) in [6, 6.07) is 4.30. The quantitative estimate of drug-likeness (QED) is 0.803. The first-order valence-corrected chi connectivity index (χ1v) is 6.68. The Bertz CT molecular complexity index is 394. The van der Waals surface area contributed by atoms with Crippen molar-refractivity contribution in [2.24, 2.45) is 0 Å². The van der Waals surface area contributed by atoms with Crippen molar-refractivity contribution >= 4 is 12.6 Å². The van der Waals surface area contributed by atoms with E-state index in [0.717, 1.165) is 23.7 Å². The lowest BCUT2D eigenvalue weighted by molar-refractivity contribution is 0.281. The molecule has 0 N–H and O–H groups in total. The van der Waals surface area contributed by atoms with Crippen LogP contribution >= 0.6 is 12.6 Å².